The molecule has 0 bridgehead atoms. The third-order valence-electron chi connectivity index (χ3n) is 4.26. The van der Waals surface area contributed by atoms with Gasteiger partial charge in [0.25, 0.3) is 0 Å². The van der Waals surface area contributed by atoms with Gasteiger partial charge < -0.3 is 19.4 Å². The molecule has 1 atom stereocenters. The number of hydrogen-bond acceptors (Lipinski definition) is 4. The van der Waals surface area contributed by atoms with Crippen molar-refractivity contribution in [3.05, 3.63) is 46.9 Å². The average molecular weight is 363 g/mol. The largest absolute Gasteiger partial charge is 0.495 e. The van der Waals surface area contributed by atoms with Crippen LogP contribution in [0.2, 0.25) is 5.02 Å². The molecule has 0 aliphatic carbocycles. The number of nitrogens with one attached hydrogen (secondary N) is 1. The molecule has 0 radical (unpaired) electrons. The van der Waals surface area contributed by atoms with Crippen LogP contribution in [0.3, 0.4) is 0 Å². The second-order valence-electron chi connectivity index (χ2n) is 5.98. The summed E-state index contributed by atoms with van der Waals surface area (Å²) in [4.78, 5) is 26.4. The molecule has 1 aliphatic rings. The number of furan rings is 1. The standard InChI is InChI=1S/C18H19ClN2O4/c1-11-6-15(16(24-2)8-14(11)19)21-10-12(7-17(21)22)18(23)20-9-13-4-3-5-25-13/h3-6,8,12H,7,9-10H2,1-2H3,(H,20,23). The van der Waals surface area contributed by atoms with Crippen LogP contribution in [0.4, 0.5) is 5.69 Å². The number of carbonyl (C=O) groups excluding carboxylic acids is 2. The van der Waals surface area contributed by atoms with E-state index in [0.717, 1.165) is 5.56 Å². The first-order valence-electron chi connectivity index (χ1n) is 7.94. The molecule has 25 heavy (non-hydrogen) atoms. The van der Waals surface area contributed by atoms with Gasteiger partial charge in [-0.25, -0.2) is 0 Å². The summed E-state index contributed by atoms with van der Waals surface area (Å²) < 4.78 is 10.5. The fourth-order valence-electron chi connectivity index (χ4n) is 2.87. The van der Waals surface area contributed by atoms with E-state index in [1.165, 1.54) is 7.11 Å². The van der Waals surface area contributed by atoms with Crippen LogP contribution >= 0.6 is 11.6 Å². The summed E-state index contributed by atoms with van der Waals surface area (Å²) >= 11 is 6.12. The zero-order valence-electron chi connectivity index (χ0n) is 14.0. The molecule has 1 saturated heterocycles. The Kier molecular flexibility index (Phi) is 4.99. The third kappa shape index (κ3) is 3.64. The maximum atomic E-state index is 12.4. The average Bonchev–Trinajstić information content (AvgIpc) is 3.24. The van der Waals surface area contributed by atoms with Crippen molar-refractivity contribution in [3.8, 4) is 5.75 Å². The Morgan fingerprint density at radius 1 is 1.48 bits per heavy atom. The van der Waals surface area contributed by atoms with Gasteiger partial charge in [-0.15, -0.1) is 0 Å². The first kappa shape index (κ1) is 17.4. The summed E-state index contributed by atoms with van der Waals surface area (Å²) in [7, 11) is 1.53. The van der Waals surface area contributed by atoms with E-state index < -0.39 is 5.92 Å². The lowest BCUT2D eigenvalue weighted by Gasteiger charge is -2.20. The number of amides is 2. The highest BCUT2D eigenvalue weighted by atomic mass is 35.5. The molecule has 2 heterocycles. The Bertz CT molecular complexity index is 789. The number of methoxy groups -OCH3 is 1. The second-order valence-corrected chi connectivity index (χ2v) is 6.38. The lowest BCUT2D eigenvalue weighted by molar-refractivity contribution is -0.126. The first-order valence-corrected chi connectivity index (χ1v) is 8.32. The minimum Gasteiger partial charge on any atom is -0.495 e. The SMILES string of the molecule is COc1cc(Cl)c(C)cc1N1CC(C(=O)NCc2ccco2)CC1=O. The topological polar surface area (TPSA) is 71.8 Å². The maximum Gasteiger partial charge on any atom is 0.227 e. The lowest BCUT2D eigenvalue weighted by Crippen LogP contribution is -2.32. The van der Waals surface area contributed by atoms with Crippen LogP contribution in [-0.2, 0) is 16.1 Å². The quantitative estimate of drug-likeness (QED) is 0.887. The number of ether oxygens (including phenoxy) is 1. The van der Waals surface area contributed by atoms with E-state index in [4.69, 9.17) is 20.8 Å². The van der Waals surface area contributed by atoms with Gasteiger partial charge in [0.15, 0.2) is 0 Å². The highest BCUT2D eigenvalue weighted by Crippen LogP contribution is 2.36. The number of hydrogen-bond donors (Lipinski definition) is 1. The number of benzene rings is 1. The van der Waals surface area contributed by atoms with Crippen LogP contribution in [0.5, 0.6) is 5.75 Å². The van der Waals surface area contributed by atoms with Gasteiger partial charge in [0.2, 0.25) is 11.8 Å². The highest BCUT2D eigenvalue weighted by molar-refractivity contribution is 6.31. The fraction of sp³-hybridized carbons (Fsp3) is 0.333. The molecule has 7 heteroatoms. The summed E-state index contributed by atoms with van der Waals surface area (Å²) in [6.07, 6.45) is 1.71. The van der Waals surface area contributed by atoms with Gasteiger partial charge in [-0.05, 0) is 30.7 Å². The molecule has 1 unspecified atom stereocenters. The molecular weight excluding hydrogens is 344 g/mol. The minimum atomic E-state index is -0.414. The van der Waals surface area contributed by atoms with Gasteiger partial charge in [0, 0.05) is 24.1 Å². The number of nitrogens with zero attached hydrogens (tertiary/aromatic N) is 1. The Hall–Kier alpha value is -2.47. The Labute approximate surface area is 150 Å². The summed E-state index contributed by atoms with van der Waals surface area (Å²) in [6, 6.07) is 7.04. The predicted molar refractivity (Wildman–Crippen MR) is 93.8 cm³/mol. The van der Waals surface area contributed by atoms with E-state index >= 15 is 0 Å². The van der Waals surface area contributed by atoms with Gasteiger partial charge in [-0.3, -0.25) is 9.59 Å². The van der Waals surface area contributed by atoms with Gasteiger partial charge in [-0.1, -0.05) is 11.6 Å². The maximum absolute atomic E-state index is 12.4. The van der Waals surface area contributed by atoms with E-state index in [-0.39, 0.29) is 18.2 Å². The predicted octanol–water partition coefficient (Wildman–Crippen LogP) is 2.92. The number of anilines is 1. The molecule has 3 rings (SSSR count). The molecule has 1 aromatic carbocycles. The summed E-state index contributed by atoms with van der Waals surface area (Å²) in [5.41, 5.74) is 1.48. The van der Waals surface area contributed by atoms with Crippen molar-refractivity contribution in [2.24, 2.45) is 5.92 Å². The molecule has 1 fully saturated rings. The number of rotatable bonds is 5. The second kappa shape index (κ2) is 7.19. The van der Waals surface area contributed by atoms with Crippen molar-refractivity contribution in [3.63, 3.8) is 0 Å². The van der Waals surface area contributed by atoms with Crippen molar-refractivity contribution < 1.29 is 18.7 Å². The molecule has 1 aliphatic heterocycles. The molecule has 1 N–H and O–H groups in total. The van der Waals surface area contributed by atoms with Crippen LogP contribution in [0.15, 0.2) is 34.9 Å². The van der Waals surface area contributed by atoms with Crippen molar-refractivity contribution in [2.75, 3.05) is 18.6 Å². The summed E-state index contributed by atoms with van der Waals surface area (Å²) in [6.45, 7) is 2.47. The molecule has 6 nitrogen and oxygen atoms in total. The third-order valence-corrected chi connectivity index (χ3v) is 4.67. The van der Waals surface area contributed by atoms with Crippen LogP contribution < -0.4 is 15.0 Å². The van der Waals surface area contributed by atoms with E-state index in [0.29, 0.717) is 35.3 Å². The van der Waals surface area contributed by atoms with Crippen molar-refractivity contribution >= 4 is 29.1 Å². The molecule has 0 saturated carbocycles. The van der Waals surface area contributed by atoms with Gasteiger partial charge in [0.05, 0.1) is 31.5 Å². The molecule has 0 spiro atoms. The Morgan fingerprint density at radius 2 is 2.28 bits per heavy atom. The number of carbonyl (C=O) groups is 2. The van der Waals surface area contributed by atoms with Crippen LogP contribution in [0.1, 0.15) is 17.7 Å². The molecule has 1 aromatic heterocycles. The summed E-state index contributed by atoms with van der Waals surface area (Å²) in [5.74, 6) is 0.489. The van der Waals surface area contributed by atoms with Crippen LogP contribution in [0, 0.1) is 12.8 Å². The van der Waals surface area contributed by atoms with E-state index in [9.17, 15) is 9.59 Å². The van der Waals surface area contributed by atoms with Crippen LogP contribution in [0.25, 0.3) is 0 Å². The fourth-order valence-corrected chi connectivity index (χ4v) is 3.02. The van der Waals surface area contributed by atoms with E-state index in [1.54, 1.807) is 29.4 Å². The zero-order chi connectivity index (χ0) is 18.0. The van der Waals surface area contributed by atoms with E-state index in [1.807, 2.05) is 13.0 Å². The highest BCUT2D eigenvalue weighted by Gasteiger charge is 2.36. The smallest absolute Gasteiger partial charge is 0.227 e. The summed E-state index contributed by atoms with van der Waals surface area (Å²) in [5, 5.41) is 3.37. The van der Waals surface area contributed by atoms with Crippen LogP contribution in [-0.4, -0.2) is 25.5 Å². The monoisotopic (exact) mass is 362 g/mol. The Morgan fingerprint density at radius 3 is 2.96 bits per heavy atom. The van der Waals surface area contributed by atoms with Gasteiger partial charge in [-0.2, -0.15) is 0 Å². The molecular formula is C18H19ClN2O4. The van der Waals surface area contributed by atoms with Crippen molar-refractivity contribution in [2.45, 2.75) is 19.9 Å². The van der Waals surface area contributed by atoms with Gasteiger partial charge >= 0.3 is 0 Å². The number of aryl methyl sites for hydroxylation is 1. The Balaban J connectivity index is 1.72. The van der Waals surface area contributed by atoms with E-state index in [2.05, 4.69) is 5.32 Å². The zero-order valence-corrected chi connectivity index (χ0v) is 14.8. The normalized spacial score (nSPS) is 17.0. The minimum absolute atomic E-state index is 0.113. The van der Waals surface area contributed by atoms with Gasteiger partial charge in [0.1, 0.15) is 11.5 Å². The van der Waals surface area contributed by atoms with Crippen molar-refractivity contribution in [1.29, 1.82) is 0 Å². The number of halogens is 1. The van der Waals surface area contributed by atoms with Crippen molar-refractivity contribution in [1.82, 2.24) is 5.32 Å². The molecule has 2 aromatic rings. The lowest BCUT2D eigenvalue weighted by atomic mass is 10.1. The first-order chi connectivity index (χ1) is 12.0. The molecule has 132 valence electrons. The molecule has 2 amide bonds.